The Morgan fingerprint density at radius 2 is 2.18 bits per heavy atom. The van der Waals surface area contributed by atoms with Crippen molar-refractivity contribution in [2.45, 2.75) is 50.2 Å². The zero-order valence-electron chi connectivity index (χ0n) is 13.2. The molecule has 0 saturated carbocycles. The summed E-state index contributed by atoms with van der Waals surface area (Å²) in [5, 5.41) is 10.1. The summed E-state index contributed by atoms with van der Waals surface area (Å²) in [4.78, 5) is 12.2. The number of carbonyl (C=O) groups excluding carboxylic acids is 1. The Morgan fingerprint density at radius 3 is 2.73 bits per heavy atom. The number of carbonyl (C=O) groups is 1. The molecule has 0 unspecified atom stereocenters. The summed E-state index contributed by atoms with van der Waals surface area (Å²) in [6.45, 7) is 5.03. The fourth-order valence-corrected chi connectivity index (χ4v) is 4.41. The van der Waals surface area contributed by atoms with Gasteiger partial charge in [0.05, 0.1) is 18.2 Å². The Hall–Kier alpha value is -1.38. The lowest BCUT2D eigenvalue weighted by molar-refractivity contribution is 0.0434. The largest absolute Gasteiger partial charge is 0.461 e. The van der Waals surface area contributed by atoms with Gasteiger partial charge < -0.3 is 14.4 Å². The lowest BCUT2D eigenvalue weighted by atomic mass is 9.94. The first-order chi connectivity index (χ1) is 10.1. The second-order valence-electron chi connectivity index (χ2n) is 6.02. The second-order valence-corrected chi connectivity index (χ2v) is 7.70. The molecular weight excluding hydrogens is 308 g/mol. The van der Waals surface area contributed by atoms with Crippen molar-refractivity contribution < 1.29 is 23.1 Å². The van der Waals surface area contributed by atoms with Gasteiger partial charge in [-0.15, -0.1) is 0 Å². The minimum Gasteiger partial charge on any atom is -0.461 e. The van der Waals surface area contributed by atoms with Crippen LogP contribution in [-0.4, -0.2) is 42.3 Å². The quantitative estimate of drug-likeness (QED) is 0.790. The van der Waals surface area contributed by atoms with Crippen molar-refractivity contribution in [3.8, 4) is 0 Å². The predicted octanol–water partition coefficient (Wildman–Crippen LogP) is 0.566. The Bertz CT molecular complexity index is 685. The molecule has 124 valence electrons. The van der Waals surface area contributed by atoms with E-state index in [1.54, 1.807) is 27.8 Å². The summed E-state index contributed by atoms with van der Waals surface area (Å²) in [7, 11) is -2.18. The summed E-state index contributed by atoms with van der Waals surface area (Å²) in [6, 6.07) is -0.620. The van der Waals surface area contributed by atoms with Crippen molar-refractivity contribution in [3.63, 3.8) is 0 Å². The van der Waals surface area contributed by atoms with Gasteiger partial charge in [0.1, 0.15) is 10.6 Å². The predicted molar refractivity (Wildman–Crippen MR) is 80.1 cm³/mol. The van der Waals surface area contributed by atoms with Crippen LogP contribution in [0.5, 0.6) is 0 Å². The van der Waals surface area contributed by atoms with Crippen LogP contribution in [0, 0.1) is 0 Å². The van der Waals surface area contributed by atoms with Crippen molar-refractivity contribution in [2.75, 3.05) is 6.61 Å². The Labute approximate surface area is 130 Å². The highest BCUT2D eigenvalue weighted by atomic mass is 32.2. The molecule has 1 aromatic heterocycles. The summed E-state index contributed by atoms with van der Waals surface area (Å²) in [6.07, 6.45) is 2.17. The maximum atomic E-state index is 12.5. The zero-order chi connectivity index (χ0) is 16.7. The third-order valence-corrected chi connectivity index (χ3v) is 5.36. The summed E-state index contributed by atoms with van der Waals surface area (Å²) >= 11 is 0. The van der Waals surface area contributed by atoms with Gasteiger partial charge in [-0.3, -0.25) is 0 Å². The van der Waals surface area contributed by atoms with E-state index >= 15 is 0 Å². The number of aryl methyl sites for hydroxylation is 1. The van der Waals surface area contributed by atoms with Crippen LogP contribution in [0.2, 0.25) is 0 Å². The van der Waals surface area contributed by atoms with E-state index < -0.39 is 27.6 Å². The molecule has 0 saturated heterocycles. The number of esters is 1. The normalized spacial score (nSPS) is 21.0. The summed E-state index contributed by atoms with van der Waals surface area (Å²) in [5.41, 5.74) is -0.498. The Morgan fingerprint density at radius 1 is 1.55 bits per heavy atom. The van der Waals surface area contributed by atoms with Crippen LogP contribution in [-0.2, 0) is 28.2 Å². The van der Waals surface area contributed by atoms with Gasteiger partial charge in [0.15, 0.2) is 0 Å². The molecule has 7 nitrogen and oxygen atoms in total. The van der Waals surface area contributed by atoms with Gasteiger partial charge in [-0.2, -0.15) is 0 Å². The van der Waals surface area contributed by atoms with Gasteiger partial charge in [-0.25, -0.2) is 17.9 Å². The fraction of sp³-hybridized carbons (Fsp3) is 0.643. The van der Waals surface area contributed by atoms with Gasteiger partial charge in [0.25, 0.3) is 0 Å². The second kappa shape index (κ2) is 5.68. The molecular formula is C14H22N2O5S. The molecule has 8 heteroatoms. The van der Waals surface area contributed by atoms with Crippen LogP contribution >= 0.6 is 0 Å². The Balaban J connectivity index is 2.52. The molecule has 22 heavy (non-hydrogen) atoms. The molecule has 0 amide bonds. The molecule has 2 heterocycles. The molecule has 0 radical (unpaired) electrons. The number of fused-ring (bicyclic) bond motifs is 1. The van der Waals surface area contributed by atoms with Crippen LogP contribution < -0.4 is 4.72 Å². The van der Waals surface area contributed by atoms with Crippen LogP contribution in [0.1, 0.15) is 43.2 Å². The molecule has 0 spiro atoms. The Kier molecular flexibility index (Phi) is 4.38. The van der Waals surface area contributed by atoms with Crippen molar-refractivity contribution in [3.05, 3.63) is 17.5 Å². The first-order valence-corrected chi connectivity index (χ1v) is 8.66. The number of hydrogen-bond donors (Lipinski definition) is 2. The van der Waals surface area contributed by atoms with E-state index in [-0.39, 0.29) is 17.2 Å². The third kappa shape index (κ3) is 3.04. The van der Waals surface area contributed by atoms with E-state index in [9.17, 15) is 18.3 Å². The van der Waals surface area contributed by atoms with Crippen LogP contribution in [0.15, 0.2) is 11.1 Å². The lowest BCUT2D eigenvalue weighted by Crippen LogP contribution is -2.48. The SMILES string of the molecule is CCOC(=O)c1c2c(cn1C)S(=O)(=O)N[C@@H](C(C)(C)O)CC2. The topological polar surface area (TPSA) is 97.6 Å². The van der Waals surface area contributed by atoms with Gasteiger partial charge in [0, 0.05) is 18.8 Å². The molecule has 0 aliphatic carbocycles. The average Bonchev–Trinajstić information content (AvgIpc) is 2.64. The van der Waals surface area contributed by atoms with E-state index in [1.165, 1.54) is 10.8 Å². The van der Waals surface area contributed by atoms with E-state index in [0.29, 0.717) is 18.4 Å². The smallest absolute Gasteiger partial charge is 0.355 e. The van der Waals surface area contributed by atoms with Crippen LogP contribution in [0.3, 0.4) is 0 Å². The molecule has 2 N–H and O–H groups in total. The number of nitrogens with zero attached hydrogens (tertiary/aromatic N) is 1. The first-order valence-electron chi connectivity index (χ1n) is 7.18. The standard InChI is InChI=1S/C14H22N2O5S/c1-5-21-13(17)12-9-6-7-11(14(2,3)18)15-22(19,20)10(9)8-16(12)4/h8,11,15,18H,5-7H2,1-4H3/t11-/m1/s1. The average molecular weight is 330 g/mol. The summed E-state index contributed by atoms with van der Waals surface area (Å²) in [5.74, 6) is -0.539. The monoisotopic (exact) mass is 330 g/mol. The maximum absolute atomic E-state index is 12.5. The number of hydrogen-bond acceptors (Lipinski definition) is 5. The van der Waals surface area contributed by atoms with Gasteiger partial charge >= 0.3 is 5.97 Å². The zero-order valence-corrected chi connectivity index (χ0v) is 14.0. The highest BCUT2D eigenvalue weighted by Gasteiger charge is 2.38. The van der Waals surface area contributed by atoms with E-state index in [2.05, 4.69) is 4.72 Å². The molecule has 1 atom stereocenters. The van der Waals surface area contributed by atoms with E-state index in [0.717, 1.165) is 0 Å². The van der Waals surface area contributed by atoms with Gasteiger partial charge in [0.2, 0.25) is 10.0 Å². The van der Waals surface area contributed by atoms with Gasteiger partial charge in [-0.1, -0.05) is 0 Å². The minimum atomic E-state index is -3.80. The minimum absolute atomic E-state index is 0.0739. The van der Waals surface area contributed by atoms with Crippen molar-refractivity contribution >= 4 is 16.0 Å². The number of sulfonamides is 1. The van der Waals surface area contributed by atoms with Crippen molar-refractivity contribution in [2.24, 2.45) is 7.05 Å². The molecule has 1 aromatic rings. The van der Waals surface area contributed by atoms with E-state index in [4.69, 9.17) is 4.74 Å². The third-order valence-electron chi connectivity index (χ3n) is 3.84. The molecule has 0 aromatic carbocycles. The number of aromatic nitrogens is 1. The first kappa shape index (κ1) is 17.0. The highest BCUT2D eigenvalue weighted by molar-refractivity contribution is 7.89. The van der Waals surface area contributed by atoms with Crippen LogP contribution in [0.25, 0.3) is 0 Å². The maximum Gasteiger partial charge on any atom is 0.355 e. The number of nitrogens with one attached hydrogen (secondary N) is 1. The molecule has 1 aliphatic heterocycles. The molecule has 0 fully saturated rings. The molecule has 2 rings (SSSR count). The van der Waals surface area contributed by atoms with Crippen molar-refractivity contribution in [1.29, 1.82) is 0 Å². The molecule has 1 aliphatic rings. The highest BCUT2D eigenvalue weighted by Crippen LogP contribution is 2.30. The number of aliphatic hydroxyl groups is 1. The number of rotatable bonds is 3. The fourth-order valence-electron chi connectivity index (χ4n) is 2.68. The van der Waals surface area contributed by atoms with Crippen molar-refractivity contribution in [1.82, 2.24) is 9.29 Å². The summed E-state index contributed by atoms with van der Waals surface area (Å²) < 4.78 is 34.0. The van der Waals surface area contributed by atoms with E-state index in [1.807, 2.05) is 0 Å². The lowest BCUT2D eigenvalue weighted by Gasteiger charge is -2.28. The van der Waals surface area contributed by atoms with Gasteiger partial charge in [-0.05, 0) is 33.6 Å². The molecule has 0 bridgehead atoms. The number of ether oxygens (including phenoxy) is 1. The van der Waals surface area contributed by atoms with Crippen LogP contribution in [0.4, 0.5) is 0 Å².